The third-order valence-electron chi connectivity index (χ3n) is 3.66. The Labute approximate surface area is 161 Å². The first-order valence-corrected chi connectivity index (χ1v) is 10.4. The lowest BCUT2D eigenvalue weighted by atomic mass is 10.2. The van der Waals surface area contributed by atoms with E-state index in [0.29, 0.717) is 11.6 Å². The van der Waals surface area contributed by atoms with Gasteiger partial charge in [-0.25, -0.2) is 13.3 Å². The predicted octanol–water partition coefficient (Wildman–Crippen LogP) is 4.84. The Balaban J connectivity index is 2.86. The second-order valence-electron chi connectivity index (χ2n) is 7.92. The summed E-state index contributed by atoms with van der Waals surface area (Å²) in [7, 11) is 0.480. The van der Waals surface area contributed by atoms with Crippen molar-refractivity contribution in [1.29, 1.82) is 0 Å². The normalized spacial score (nSPS) is 13.1. The predicted molar refractivity (Wildman–Crippen MR) is 109 cm³/mol. The van der Waals surface area contributed by atoms with Crippen LogP contribution < -0.4 is 4.90 Å². The Hall–Kier alpha value is -1.40. The Morgan fingerprint density at radius 2 is 1.77 bits per heavy atom. The fourth-order valence-corrected chi connectivity index (χ4v) is 3.75. The van der Waals surface area contributed by atoms with Gasteiger partial charge >= 0.3 is 6.09 Å². The highest BCUT2D eigenvalue weighted by Gasteiger charge is 2.21. The molecule has 0 spiro atoms. The molecule has 5 nitrogen and oxygen atoms in total. The molecule has 1 rings (SSSR count). The van der Waals surface area contributed by atoms with Crippen molar-refractivity contribution >= 4 is 22.8 Å². The van der Waals surface area contributed by atoms with Crippen LogP contribution in [0.4, 0.5) is 10.5 Å². The van der Waals surface area contributed by atoms with E-state index in [1.54, 1.807) is 7.05 Å². The van der Waals surface area contributed by atoms with Crippen LogP contribution >= 0.6 is 0 Å². The van der Waals surface area contributed by atoms with Gasteiger partial charge in [0.15, 0.2) is 0 Å². The third-order valence-corrected chi connectivity index (χ3v) is 5.13. The summed E-state index contributed by atoms with van der Waals surface area (Å²) in [5, 5.41) is 0. The minimum atomic E-state index is -1.19. The van der Waals surface area contributed by atoms with Gasteiger partial charge in [-0.05, 0) is 57.4 Å². The molecule has 0 radical (unpaired) electrons. The van der Waals surface area contributed by atoms with Crippen LogP contribution in [0, 0.1) is 5.92 Å². The maximum atomic E-state index is 12.9. The van der Waals surface area contributed by atoms with Crippen LogP contribution in [-0.2, 0) is 15.7 Å². The molecule has 1 unspecified atom stereocenters. The second-order valence-corrected chi connectivity index (χ2v) is 9.40. The summed E-state index contributed by atoms with van der Waals surface area (Å²) in [6.45, 7) is 13.5. The average molecular weight is 383 g/mol. The second kappa shape index (κ2) is 10.1. The van der Waals surface area contributed by atoms with E-state index in [4.69, 9.17) is 4.74 Å². The molecular formula is C20H34N2O3S. The molecule has 1 aromatic rings. The molecule has 0 fully saturated rings. The molecule has 26 heavy (non-hydrogen) atoms. The van der Waals surface area contributed by atoms with Crippen LogP contribution in [0.5, 0.6) is 0 Å². The van der Waals surface area contributed by atoms with Gasteiger partial charge < -0.3 is 4.74 Å². The van der Waals surface area contributed by atoms with Crippen molar-refractivity contribution in [2.45, 2.75) is 64.9 Å². The highest BCUT2D eigenvalue weighted by Crippen LogP contribution is 2.20. The van der Waals surface area contributed by atoms with Gasteiger partial charge in [0.2, 0.25) is 0 Å². The minimum absolute atomic E-state index is 0.407. The zero-order chi connectivity index (χ0) is 19.9. The van der Waals surface area contributed by atoms with Crippen LogP contribution in [-0.4, -0.2) is 40.3 Å². The zero-order valence-electron chi connectivity index (χ0n) is 17.2. The van der Waals surface area contributed by atoms with Crippen molar-refractivity contribution in [1.82, 2.24) is 4.31 Å². The van der Waals surface area contributed by atoms with Gasteiger partial charge in [0.05, 0.1) is 4.90 Å². The van der Waals surface area contributed by atoms with Crippen molar-refractivity contribution in [2.24, 2.45) is 5.92 Å². The molecule has 1 atom stereocenters. The number of hydrogen-bond acceptors (Lipinski definition) is 3. The van der Waals surface area contributed by atoms with Crippen LogP contribution in [0.15, 0.2) is 29.2 Å². The molecular weight excluding hydrogens is 348 g/mol. The number of benzene rings is 1. The largest absolute Gasteiger partial charge is 0.443 e. The lowest BCUT2D eigenvalue weighted by molar-refractivity contribution is 0.0589. The number of hydrogen-bond donors (Lipinski definition) is 0. The fourth-order valence-electron chi connectivity index (χ4n) is 2.35. The molecule has 148 valence electrons. The first-order chi connectivity index (χ1) is 12.0. The standard InChI is InChI=1S/C20H34N2O3S/c1-8-9-14-22(15-16(2)3)26(24)18-12-10-17(11-13-18)21(7)19(23)25-20(4,5)6/h10-13,16H,8-9,14-15H2,1-7H3. The summed E-state index contributed by atoms with van der Waals surface area (Å²) < 4.78 is 20.3. The van der Waals surface area contributed by atoms with Crippen LogP contribution in [0.3, 0.4) is 0 Å². The van der Waals surface area contributed by atoms with Crippen LogP contribution in [0.1, 0.15) is 54.4 Å². The van der Waals surface area contributed by atoms with E-state index in [1.807, 2.05) is 49.3 Å². The van der Waals surface area contributed by atoms with Crippen molar-refractivity contribution < 1.29 is 13.7 Å². The van der Waals surface area contributed by atoms with Crippen LogP contribution in [0.25, 0.3) is 0 Å². The van der Waals surface area contributed by atoms with Gasteiger partial charge in [0.25, 0.3) is 0 Å². The Bertz CT molecular complexity index is 594. The van der Waals surface area contributed by atoms with E-state index >= 15 is 0 Å². The summed E-state index contributed by atoms with van der Waals surface area (Å²) >= 11 is 0. The summed E-state index contributed by atoms with van der Waals surface area (Å²) in [4.78, 5) is 14.4. The van der Waals surface area contributed by atoms with E-state index < -0.39 is 22.7 Å². The molecule has 0 aliphatic rings. The lowest BCUT2D eigenvalue weighted by Crippen LogP contribution is -2.34. The van der Waals surface area contributed by atoms with Gasteiger partial charge in [0, 0.05) is 25.8 Å². The van der Waals surface area contributed by atoms with Crippen LogP contribution in [0.2, 0.25) is 0 Å². The molecule has 1 aromatic carbocycles. The zero-order valence-corrected chi connectivity index (χ0v) is 18.1. The molecule has 1 amide bonds. The quantitative estimate of drug-likeness (QED) is 0.646. The first kappa shape index (κ1) is 22.6. The summed E-state index contributed by atoms with van der Waals surface area (Å²) in [5.74, 6) is 0.452. The number of rotatable bonds is 8. The number of anilines is 1. The number of carbonyl (C=O) groups excluding carboxylic acids is 1. The fraction of sp³-hybridized carbons (Fsp3) is 0.650. The number of carbonyl (C=O) groups is 1. The molecule has 0 saturated heterocycles. The molecule has 0 bridgehead atoms. The van der Waals surface area contributed by atoms with Crippen molar-refractivity contribution in [3.63, 3.8) is 0 Å². The van der Waals surface area contributed by atoms with E-state index in [0.717, 1.165) is 30.8 Å². The number of unbranched alkanes of at least 4 members (excludes halogenated alkanes) is 1. The van der Waals surface area contributed by atoms with Crippen molar-refractivity contribution in [2.75, 3.05) is 25.0 Å². The molecule has 0 saturated carbocycles. The number of amides is 1. The van der Waals surface area contributed by atoms with E-state index in [2.05, 4.69) is 20.8 Å². The topological polar surface area (TPSA) is 49.9 Å². The molecule has 0 aliphatic carbocycles. The highest BCUT2D eigenvalue weighted by atomic mass is 32.2. The van der Waals surface area contributed by atoms with Gasteiger partial charge in [-0.3, -0.25) is 4.90 Å². The lowest BCUT2D eigenvalue weighted by Gasteiger charge is -2.25. The van der Waals surface area contributed by atoms with Gasteiger partial charge in [-0.15, -0.1) is 0 Å². The first-order valence-electron chi connectivity index (χ1n) is 9.28. The summed E-state index contributed by atoms with van der Waals surface area (Å²) in [5.41, 5.74) is 0.174. The third kappa shape index (κ3) is 7.46. The SMILES string of the molecule is CCCCN(CC(C)C)S(=O)c1ccc(N(C)C(=O)OC(C)(C)C)cc1. The maximum Gasteiger partial charge on any atom is 0.414 e. The molecule has 0 N–H and O–H groups in total. The summed E-state index contributed by atoms with van der Waals surface area (Å²) in [6.07, 6.45) is 1.69. The molecule has 0 aromatic heterocycles. The molecule has 0 heterocycles. The monoisotopic (exact) mass is 382 g/mol. The van der Waals surface area contributed by atoms with Crippen molar-refractivity contribution in [3.8, 4) is 0 Å². The maximum absolute atomic E-state index is 12.9. The Morgan fingerprint density at radius 3 is 2.23 bits per heavy atom. The average Bonchev–Trinajstić information content (AvgIpc) is 2.55. The van der Waals surface area contributed by atoms with Gasteiger partial charge in [-0.2, -0.15) is 0 Å². The Kier molecular flexibility index (Phi) is 8.77. The molecule has 0 aliphatic heterocycles. The Morgan fingerprint density at radius 1 is 1.19 bits per heavy atom. The number of nitrogens with zero attached hydrogens (tertiary/aromatic N) is 2. The van der Waals surface area contributed by atoms with E-state index in [1.165, 1.54) is 4.90 Å². The van der Waals surface area contributed by atoms with E-state index in [-0.39, 0.29) is 0 Å². The molecule has 6 heteroatoms. The highest BCUT2D eigenvalue weighted by molar-refractivity contribution is 7.82. The summed E-state index contributed by atoms with van der Waals surface area (Å²) in [6, 6.07) is 7.27. The van der Waals surface area contributed by atoms with Gasteiger partial charge in [0.1, 0.15) is 16.6 Å². The van der Waals surface area contributed by atoms with Gasteiger partial charge in [-0.1, -0.05) is 27.2 Å². The van der Waals surface area contributed by atoms with Crippen molar-refractivity contribution in [3.05, 3.63) is 24.3 Å². The number of ether oxygens (including phenoxy) is 1. The van der Waals surface area contributed by atoms with E-state index in [9.17, 15) is 9.00 Å². The minimum Gasteiger partial charge on any atom is -0.443 e. The smallest absolute Gasteiger partial charge is 0.414 e.